The molecule has 72 valence electrons. The fourth-order valence-electron chi connectivity index (χ4n) is 1.72. The second kappa shape index (κ2) is 3.78. The molecular formula is C11H23N. The van der Waals surface area contributed by atoms with Gasteiger partial charge < -0.3 is 5.32 Å². The number of nitrogens with one attached hydrogen (secondary N) is 1. The zero-order valence-corrected chi connectivity index (χ0v) is 8.98. The van der Waals surface area contributed by atoms with Gasteiger partial charge >= 0.3 is 0 Å². The van der Waals surface area contributed by atoms with Crippen molar-refractivity contribution in [3.63, 3.8) is 0 Å². The molecule has 0 amide bonds. The minimum atomic E-state index is 0.488. The molecule has 0 saturated heterocycles. The summed E-state index contributed by atoms with van der Waals surface area (Å²) in [4.78, 5) is 0. The minimum Gasteiger partial charge on any atom is -0.314 e. The normalized spacial score (nSPS) is 30.0. The Morgan fingerprint density at radius 3 is 2.25 bits per heavy atom. The van der Waals surface area contributed by atoms with Gasteiger partial charge in [-0.25, -0.2) is 0 Å². The van der Waals surface area contributed by atoms with Crippen LogP contribution in [0.25, 0.3) is 0 Å². The smallest absolute Gasteiger partial charge is 0.00721 e. The van der Waals surface area contributed by atoms with E-state index in [2.05, 4.69) is 33.0 Å². The molecule has 12 heavy (non-hydrogen) atoms. The van der Waals surface area contributed by atoms with Crippen molar-refractivity contribution in [1.29, 1.82) is 0 Å². The summed E-state index contributed by atoms with van der Waals surface area (Å²) in [5.41, 5.74) is 0.488. The van der Waals surface area contributed by atoms with E-state index in [-0.39, 0.29) is 0 Å². The maximum Gasteiger partial charge on any atom is 0.00721 e. The van der Waals surface area contributed by atoms with Gasteiger partial charge in [0, 0.05) is 6.04 Å². The molecule has 0 atom stereocenters. The van der Waals surface area contributed by atoms with Crippen LogP contribution in [0.5, 0.6) is 0 Å². The summed E-state index contributed by atoms with van der Waals surface area (Å²) in [5, 5.41) is 3.61. The third kappa shape index (κ3) is 3.57. The van der Waals surface area contributed by atoms with Gasteiger partial charge in [-0.3, -0.25) is 0 Å². The number of hydrogen-bond donors (Lipinski definition) is 1. The van der Waals surface area contributed by atoms with E-state index in [0.717, 1.165) is 12.0 Å². The van der Waals surface area contributed by atoms with Crippen LogP contribution in [-0.2, 0) is 0 Å². The van der Waals surface area contributed by atoms with Gasteiger partial charge in [-0.15, -0.1) is 0 Å². The van der Waals surface area contributed by atoms with Crippen molar-refractivity contribution >= 4 is 0 Å². The van der Waals surface area contributed by atoms with Crippen molar-refractivity contribution in [2.75, 3.05) is 6.54 Å². The first-order valence-electron chi connectivity index (χ1n) is 5.21. The highest BCUT2D eigenvalue weighted by Gasteiger charge is 2.24. The molecule has 0 radical (unpaired) electrons. The molecule has 1 fully saturated rings. The second-order valence-corrected chi connectivity index (χ2v) is 5.54. The monoisotopic (exact) mass is 169 g/mol. The largest absolute Gasteiger partial charge is 0.314 e. The van der Waals surface area contributed by atoms with Crippen LogP contribution in [-0.4, -0.2) is 12.6 Å². The van der Waals surface area contributed by atoms with E-state index >= 15 is 0 Å². The minimum absolute atomic E-state index is 0.488. The fraction of sp³-hybridized carbons (Fsp3) is 1.00. The molecule has 1 nitrogen and oxygen atoms in total. The maximum atomic E-state index is 3.61. The van der Waals surface area contributed by atoms with E-state index in [1.165, 1.54) is 25.8 Å². The zero-order valence-electron chi connectivity index (χ0n) is 8.98. The molecule has 0 aromatic rings. The quantitative estimate of drug-likeness (QED) is 0.685. The summed E-state index contributed by atoms with van der Waals surface area (Å²) in [7, 11) is 0. The van der Waals surface area contributed by atoms with Crippen LogP contribution >= 0.6 is 0 Å². The highest BCUT2D eigenvalue weighted by molar-refractivity contribution is 4.82. The standard InChI is InChI=1S/C11H23N/c1-9-7-10(8-9)12-6-5-11(2,3)4/h9-10,12H,5-8H2,1-4H3. The molecule has 0 aromatic heterocycles. The summed E-state index contributed by atoms with van der Waals surface area (Å²) in [6, 6.07) is 0.836. The van der Waals surface area contributed by atoms with Crippen LogP contribution < -0.4 is 5.32 Å². The molecule has 0 aliphatic heterocycles. The lowest BCUT2D eigenvalue weighted by atomic mass is 9.81. The summed E-state index contributed by atoms with van der Waals surface area (Å²) >= 11 is 0. The average Bonchev–Trinajstić information content (AvgIpc) is 1.81. The molecule has 0 heterocycles. The predicted molar refractivity (Wildman–Crippen MR) is 54.3 cm³/mol. The van der Waals surface area contributed by atoms with Crippen molar-refractivity contribution in [3.8, 4) is 0 Å². The molecular weight excluding hydrogens is 146 g/mol. The van der Waals surface area contributed by atoms with Crippen LogP contribution in [0.1, 0.15) is 47.0 Å². The van der Waals surface area contributed by atoms with E-state index in [4.69, 9.17) is 0 Å². The Labute approximate surface area is 76.9 Å². The molecule has 1 N–H and O–H groups in total. The highest BCUT2D eigenvalue weighted by atomic mass is 14.9. The molecule has 1 saturated carbocycles. The fourth-order valence-corrected chi connectivity index (χ4v) is 1.72. The van der Waals surface area contributed by atoms with Gasteiger partial charge in [0.15, 0.2) is 0 Å². The van der Waals surface area contributed by atoms with E-state index in [1.54, 1.807) is 0 Å². The van der Waals surface area contributed by atoms with Crippen molar-refractivity contribution in [3.05, 3.63) is 0 Å². The average molecular weight is 169 g/mol. The highest BCUT2D eigenvalue weighted by Crippen LogP contribution is 2.26. The van der Waals surface area contributed by atoms with E-state index < -0.39 is 0 Å². The van der Waals surface area contributed by atoms with Gasteiger partial charge in [0.05, 0.1) is 0 Å². The van der Waals surface area contributed by atoms with Crippen LogP contribution in [0.3, 0.4) is 0 Å². The number of hydrogen-bond acceptors (Lipinski definition) is 1. The van der Waals surface area contributed by atoms with E-state index in [0.29, 0.717) is 5.41 Å². The second-order valence-electron chi connectivity index (χ2n) is 5.54. The third-order valence-electron chi connectivity index (χ3n) is 2.68. The summed E-state index contributed by atoms with van der Waals surface area (Å²) < 4.78 is 0. The molecule has 0 spiro atoms. The van der Waals surface area contributed by atoms with Gasteiger partial charge in [0.1, 0.15) is 0 Å². The number of rotatable bonds is 3. The molecule has 1 aliphatic rings. The topological polar surface area (TPSA) is 12.0 Å². The van der Waals surface area contributed by atoms with Crippen LogP contribution in [0.15, 0.2) is 0 Å². The van der Waals surface area contributed by atoms with Crippen LogP contribution in [0.2, 0.25) is 0 Å². The molecule has 0 bridgehead atoms. The van der Waals surface area contributed by atoms with Gasteiger partial charge in [0.2, 0.25) is 0 Å². The van der Waals surface area contributed by atoms with Crippen molar-refractivity contribution in [2.45, 2.75) is 53.0 Å². The lowest BCUT2D eigenvalue weighted by molar-refractivity contribution is 0.231. The van der Waals surface area contributed by atoms with Gasteiger partial charge in [-0.05, 0) is 37.1 Å². The van der Waals surface area contributed by atoms with Crippen LogP contribution in [0, 0.1) is 11.3 Å². The molecule has 1 heteroatoms. The Morgan fingerprint density at radius 2 is 1.83 bits per heavy atom. The van der Waals surface area contributed by atoms with Crippen molar-refractivity contribution < 1.29 is 0 Å². The summed E-state index contributed by atoms with van der Waals surface area (Å²) in [6.07, 6.45) is 4.08. The first-order valence-corrected chi connectivity index (χ1v) is 5.21. The van der Waals surface area contributed by atoms with Gasteiger partial charge in [-0.2, -0.15) is 0 Å². The molecule has 1 aliphatic carbocycles. The van der Waals surface area contributed by atoms with Crippen molar-refractivity contribution in [2.24, 2.45) is 11.3 Å². The van der Waals surface area contributed by atoms with E-state index in [9.17, 15) is 0 Å². The predicted octanol–water partition coefficient (Wildman–Crippen LogP) is 2.81. The first kappa shape index (κ1) is 10.0. The van der Waals surface area contributed by atoms with Gasteiger partial charge in [-0.1, -0.05) is 27.7 Å². The Hall–Kier alpha value is -0.0400. The zero-order chi connectivity index (χ0) is 9.19. The molecule has 1 rings (SSSR count). The Bertz CT molecular complexity index is 128. The lowest BCUT2D eigenvalue weighted by Gasteiger charge is -2.34. The molecule has 0 aromatic carbocycles. The van der Waals surface area contributed by atoms with E-state index in [1.807, 2.05) is 0 Å². The summed E-state index contributed by atoms with van der Waals surface area (Å²) in [5.74, 6) is 0.970. The first-order chi connectivity index (χ1) is 5.47. The lowest BCUT2D eigenvalue weighted by Crippen LogP contribution is -2.41. The maximum absolute atomic E-state index is 3.61. The SMILES string of the molecule is CC1CC(NCCC(C)(C)C)C1. The Balaban J connectivity index is 1.97. The third-order valence-corrected chi connectivity index (χ3v) is 2.68. The van der Waals surface area contributed by atoms with Crippen molar-refractivity contribution in [1.82, 2.24) is 5.32 Å². The Kier molecular flexibility index (Phi) is 3.16. The van der Waals surface area contributed by atoms with Crippen LogP contribution in [0.4, 0.5) is 0 Å². The van der Waals surface area contributed by atoms with Gasteiger partial charge in [0.25, 0.3) is 0 Å². The Morgan fingerprint density at radius 1 is 1.25 bits per heavy atom. The summed E-state index contributed by atoms with van der Waals surface area (Å²) in [6.45, 7) is 10.4. The molecule has 0 unspecified atom stereocenters.